The van der Waals surface area contributed by atoms with Crippen molar-refractivity contribution in [3.8, 4) is 28.3 Å². The van der Waals surface area contributed by atoms with Gasteiger partial charge in [-0.1, -0.05) is 24.3 Å². The first-order valence-corrected chi connectivity index (χ1v) is 7.68. The van der Waals surface area contributed by atoms with E-state index in [1.165, 1.54) is 12.1 Å². The first kappa shape index (κ1) is 14.5. The monoisotopic (exact) mass is 318 g/mol. The number of furan rings is 1. The second-order valence-electron chi connectivity index (χ2n) is 5.61. The zero-order chi connectivity index (χ0) is 16.5. The van der Waals surface area contributed by atoms with Crippen LogP contribution in [-0.4, -0.2) is 9.78 Å². The molecule has 4 aromatic rings. The van der Waals surface area contributed by atoms with Gasteiger partial charge in [0.05, 0.1) is 17.6 Å². The summed E-state index contributed by atoms with van der Waals surface area (Å²) in [5.74, 6) is 0.545. The highest BCUT2D eigenvalue weighted by atomic mass is 19.1. The Bertz CT molecular complexity index is 952. The molecule has 0 fully saturated rings. The minimum Gasteiger partial charge on any atom is -0.463 e. The Morgan fingerprint density at radius 1 is 0.917 bits per heavy atom. The van der Waals surface area contributed by atoms with Gasteiger partial charge in [0.1, 0.15) is 11.5 Å². The lowest BCUT2D eigenvalue weighted by atomic mass is 10.1. The van der Waals surface area contributed by atoms with Gasteiger partial charge in [0.2, 0.25) is 0 Å². The second-order valence-corrected chi connectivity index (χ2v) is 5.61. The van der Waals surface area contributed by atoms with Gasteiger partial charge in [-0.15, -0.1) is 0 Å². The maximum Gasteiger partial charge on any atom is 0.152 e. The summed E-state index contributed by atoms with van der Waals surface area (Å²) in [6.45, 7) is 1.95. The first-order valence-electron chi connectivity index (χ1n) is 7.68. The average Bonchev–Trinajstić information content (AvgIpc) is 3.25. The lowest BCUT2D eigenvalue weighted by Gasteiger charge is -2.07. The summed E-state index contributed by atoms with van der Waals surface area (Å²) in [4.78, 5) is 0. The van der Waals surface area contributed by atoms with E-state index in [0.717, 1.165) is 34.0 Å². The maximum atomic E-state index is 13.0. The predicted octanol–water partition coefficient (Wildman–Crippen LogP) is 5.25. The minimum absolute atomic E-state index is 0.231. The van der Waals surface area contributed by atoms with Crippen LogP contribution in [0.2, 0.25) is 0 Å². The topological polar surface area (TPSA) is 31.0 Å². The number of halogens is 1. The molecule has 0 N–H and O–H groups in total. The Balaban J connectivity index is 1.72. The number of hydrogen-bond acceptors (Lipinski definition) is 2. The normalized spacial score (nSPS) is 10.9. The van der Waals surface area contributed by atoms with Crippen molar-refractivity contribution in [1.29, 1.82) is 0 Å². The van der Waals surface area contributed by atoms with Crippen LogP contribution in [0.4, 0.5) is 4.39 Å². The van der Waals surface area contributed by atoms with Crippen LogP contribution in [0, 0.1) is 12.7 Å². The smallest absolute Gasteiger partial charge is 0.152 e. The first-order chi connectivity index (χ1) is 11.7. The molecule has 0 saturated heterocycles. The van der Waals surface area contributed by atoms with Crippen molar-refractivity contribution in [2.75, 3.05) is 0 Å². The lowest BCUT2D eigenvalue weighted by molar-refractivity contribution is 0.577. The third-order valence-electron chi connectivity index (χ3n) is 3.89. The van der Waals surface area contributed by atoms with Gasteiger partial charge in [-0.2, -0.15) is 5.10 Å². The molecule has 0 atom stereocenters. The molecular formula is C20H15FN2O. The van der Waals surface area contributed by atoms with Crippen molar-refractivity contribution in [1.82, 2.24) is 9.78 Å². The standard InChI is InChI=1S/C20H15FN2O/c1-14-13-19(20-3-2-12-24-20)23(22-14)18-10-6-16(7-11-18)15-4-8-17(21)9-5-15/h2-13H,1H3. The van der Waals surface area contributed by atoms with Gasteiger partial charge < -0.3 is 4.42 Å². The van der Waals surface area contributed by atoms with E-state index in [1.54, 1.807) is 18.4 Å². The Hall–Kier alpha value is -3.14. The summed E-state index contributed by atoms with van der Waals surface area (Å²) < 4.78 is 20.4. The van der Waals surface area contributed by atoms with Gasteiger partial charge in [0.25, 0.3) is 0 Å². The Labute approximate surface area is 139 Å². The molecule has 3 nitrogen and oxygen atoms in total. The fraction of sp³-hybridized carbons (Fsp3) is 0.0500. The van der Waals surface area contributed by atoms with Crippen molar-refractivity contribution in [2.24, 2.45) is 0 Å². The Kier molecular flexibility index (Phi) is 3.50. The van der Waals surface area contributed by atoms with E-state index in [2.05, 4.69) is 5.10 Å². The fourth-order valence-corrected chi connectivity index (χ4v) is 2.73. The average molecular weight is 318 g/mol. The molecule has 0 bridgehead atoms. The lowest BCUT2D eigenvalue weighted by Crippen LogP contribution is -1.98. The van der Waals surface area contributed by atoms with E-state index < -0.39 is 0 Å². The largest absolute Gasteiger partial charge is 0.463 e. The zero-order valence-corrected chi connectivity index (χ0v) is 13.1. The summed E-state index contributed by atoms with van der Waals surface area (Å²) in [5, 5.41) is 4.56. The van der Waals surface area contributed by atoms with Gasteiger partial charge in [0, 0.05) is 0 Å². The SMILES string of the molecule is Cc1cc(-c2ccco2)n(-c2ccc(-c3ccc(F)cc3)cc2)n1. The Morgan fingerprint density at radius 2 is 1.58 bits per heavy atom. The maximum absolute atomic E-state index is 13.0. The van der Waals surface area contributed by atoms with Crippen molar-refractivity contribution in [3.05, 3.63) is 84.5 Å². The van der Waals surface area contributed by atoms with E-state index in [9.17, 15) is 4.39 Å². The molecule has 24 heavy (non-hydrogen) atoms. The van der Waals surface area contributed by atoms with E-state index in [-0.39, 0.29) is 5.82 Å². The van der Waals surface area contributed by atoms with Gasteiger partial charge >= 0.3 is 0 Å². The van der Waals surface area contributed by atoms with Crippen molar-refractivity contribution in [2.45, 2.75) is 6.92 Å². The van der Waals surface area contributed by atoms with Crippen molar-refractivity contribution < 1.29 is 8.81 Å². The third kappa shape index (κ3) is 2.63. The third-order valence-corrected chi connectivity index (χ3v) is 3.89. The summed E-state index contributed by atoms with van der Waals surface area (Å²) in [6, 6.07) is 20.3. The number of aryl methyl sites for hydroxylation is 1. The molecule has 0 radical (unpaired) electrons. The van der Waals surface area contributed by atoms with Crippen LogP contribution in [0.3, 0.4) is 0 Å². The van der Waals surface area contributed by atoms with Crippen LogP contribution >= 0.6 is 0 Å². The molecule has 0 unspecified atom stereocenters. The van der Waals surface area contributed by atoms with E-state index >= 15 is 0 Å². The number of hydrogen-bond donors (Lipinski definition) is 0. The zero-order valence-electron chi connectivity index (χ0n) is 13.1. The highest BCUT2D eigenvalue weighted by Crippen LogP contribution is 2.26. The number of aromatic nitrogens is 2. The van der Waals surface area contributed by atoms with Crippen LogP contribution in [-0.2, 0) is 0 Å². The molecule has 0 spiro atoms. The molecule has 0 saturated carbocycles. The fourth-order valence-electron chi connectivity index (χ4n) is 2.73. The number of nitrogens with zero attached hydrogens (tertiary/aromatic N) is 2. The molecule has 4 rings (SSSR count). The summed E-state index contributed by atoms with van der Waals surface area (Å²) in [6.07, 6.45) is 1.65. The molecule has 2 aromatic carbocycles. The summed E-state index contributed by atoms with van der Waals surface area (Å²) in [5.41, 5.74) is 4.78. The molecule has 118 valence electrons. The van der Waals surface area contributed by atoms with Crippen LogP contribution in [0.1, 0.15) is 5.69 Å². The van der Waals surface area contributed by atoms with Crippen LogP contribution in [0.25, 0.3) is 28.3 Å². The van der Waals surface area contributed by atoms with Gasteiger partial charge in [-0.3, -0.25) is 0 Å². The van der Waals surface area contributed by atoms with Crippen molar-refractivity contribution in [3.63, 3.8) is 0 Å². The van der Waals surface area contributed by atoms with E-state index in [0.29, 0.717) is 0 Å². The summed E-state index contributed by atoms with van der Waals surface area (Å²) in [7, 11) is 0. The van der Waals surface area contributed by atoms with Crippen LogP contribution in [0.15, 0.2) is 77.4 Å². The molecule has 0 aliphatic rings. The molecule has 2 aromatic heterocycles. The molecule has 0 aliphatic carbocycles. The highest BCUT2D eigenvalue weighted by molar-refractivity contribution is 5.65. The minimum atomic E-state index is -0.231. The van der Waals surface area contributed by atoms with Crippen LogP contribution < -0.4 is 0 Å². The highest BCUT2D eigenvalue weighted by Gasteiger charge is 2.12. The molecule has 0 amide bonds. The second kappa shape index (κ2) is 5.81. The van der Waals surface area contributed by atoms with E-state index in [4.69, 9.17) is 4.42 Å². The van der Waals surface area contributed by atoms with Crippen LogP contribution in [0.5, 0.6) is 0 Å². The number of rotatable bonds is 3. The van der Waals surface area contributed by atoms with Crippen molar-refractivity contribution >= 4 is 0 Å². The summed E-state index contributed by atoms with van der Waals surface area (Å²) >= 11 is 0. The van der Waals surface area contributed by atoms with Gasteiger partial charge in [-0.05, 0) is 60.5 Å². The molecule has 4 heteroatoms. The molecule has 2 heterocycles. The van der Waals surface area contributed by atoms with Gasteiger partial charge in [0.15, 0.2) is 5.76 Å². The Morgan fingerprint density at radius 3 is 2.21 bits per heavy atom. The number of benzene rings is 2. The molecule has 0 aliphatic heterocycles. The van der Waals surface area contributed by atoms with Gasteiger partial charge in [-0.25, -0.2) is 9.07 Å². The van der Waals surface area contributed by atoms with E-state index in [1.807, 2.05) is 54.1 Å². The predicted molar refractivity (Wildman–Crippen MR) is 91.4 cm³/mol. The molecular weight excluding hydrogens is 303 g/mol. The quantitative estimate of drug-likeness (QED) is 0.517.